The quantitative estimate of drug-likeness (QED) is 0.628. The lowest BCUT2D eigenvalue weighted by Gasteiger charge is -2.29. The maximum atomic E-state index is 11.5. The van der Waals surface area contributed by atoms with Crippen molar-refractivity contribution in [2.24, 2.45) is 0 Å². The number of nitrogens with one attached hydrogen (secondary N) is 1. The van der Waals surface area contributed by atoms with E-state index >= 15 is 0 Å². The van der Waals surface area contributed by atoms with E-state index < -0.39 is 5.97 Å². The van der Waals surface area contributed by atoms with E-state index in [0.29, 0.717) is 12.0 Å². The largest absolute Gasteiger partial charge is 0.478 e. The molecule has 0 bridgehead atoms. The molecule has 0 unspecified atom stereocenters. The second-order valence-corrected chi connectivity index (χ2v) is 7.91. The highest BCUT2D eigenvalue weighted by Gasteiger charge is 2.21. The van der Waals surface area contributed by atoms with Crippen LogP contribution in [0, 0.1) is 6.92 Å². The second-order valence-electron chi connectivity index (χ2n) is 7.91. The lowest BCUT2D eigenvalue weighted by atomic mass is 9.89. The van der Waals surface area contributed by atoms with Gasteiger partial charge < -0.3 is 15.3 Å². The fourth-order valence-electron chi connectivity index (χ4n) is 4.16. The third-order valence-corrected chi connectivity index (χ3v) is 5.93. The van der Waals surface area contributed by atoms with Crippen molar-refractivity contribution in [3.63, 3.8) is 0 Å². The molecule has 1 aromatic heterocycles. The number of carboxylic acid groups (broad SMARTS) is 1. The summed E-state index contributed by atoms with van der Waals surface area (Å²) >= 11 is 0. The molecule has 4 rings (SSSR count). The van der Waals surface area contributed by atoms with Gasteiger partial charge in [-0.05, 0) is 79.8 Å². The summed E-state index contributed by atoms with van der Waals surface area (Å²) in [6.45, 7) is 3.02. The highest BCUT2D eigenvalue weighted by molar-refractivity contribution is 5.89. The molecule has 1 atom stereocenters. The smallest absolute Gasteiger partial charge is 0.336 e. The molecule has 3 aromatic rings. The Morgan fingerprint density at radius 1 is 1.17 bits per heavy atom. The molecule has 0 amide bonds. The Kier molecular flexibility index (Phi) is 5.81. The molecule has 30 heavy (non-hydrogen) atoms. The van der Waals surface area contributed by atoms with Crippen molar-refractivity contribution in [1.29, 1.82) is 0 Å². The van der Waals surface area contributed by atoms with E-state index in [0.717, 1.165) is 24.9 Å². The number of fused-ring (bicyclic) bond motifs is 1. The standard InChI is InChI=1S/C25H27N3O2/c1-17-3-6-20(7-4-17)28(2)21-8-9-22-18(15-21)11-14-27-24(22)10-5-19-16-26-13-12-23(19)25(29)30/h3-4,6-9,12-13,15-16,24,27H,5,10-11,14H2,1-2H3,(H,29,30)/t24-/m1/s1. The van der Waals surface area contributed by atoms with Crippen LogP contribution in [-0.2, 0) is 12.8 Å². The normalized spacial score (nSPS) is 15.5. The summed E-state index contributed by atoms with van der Waals surface area (Å²) in [4.78, 5) is 17.8. The van der Waals surface area contributed by atoms with Crippen LogP contribution in [0.5, 0.6) is 0 Å². The zero-order valence-electron chi connectivity index (χ0n) is 17.4. The number of aromatic carboxylic acids is 1. The number of nitrogens with zero attached hydrogens (tertiary/aromatic N) is 2. The summed E-state index contributed by atoms with van der Waals surface area (Å²) in [5.41, 5.74) is 7.40. The predicted molar refractivity (Wildman–Crippen MR) is 120 cm³/mol. The first-order valence-electron chi connectivity index (χ1n) is 10.4. The van der Waals surface area contributed by atoms with Crippen molar-refractivity contribution < 1.29 is 9.90 Å². The number of hydrogen-bond acceptors (Lipinski definition) is 4. The third-order valence-electron chi connectivity index (χ3n) is 5.93. The van der Waals surface area contributed by atoms with Gasteiger partial charge in [-0.1, -0.05) is 23.8 Å². The Balaban J connectivity index is 1.52. The van der Waals surface area contributed by atoms with E-state index in [-0.39, 0.29) is 6.04 Å². The van der Waals surface area contributed by atoms with Gasteiger partial charge in [0.15, 0.2) is 0 Å². The van der Waals surface area contributed by atoms with E-state index in [1.54, 1.807) is 12.3 Å². The van der Waals surface area contributed by atoms with Gasteiger partial charge in [-0.15, -0.1) is 0 Å². The number of anilines is 2. The average molecular weight is 402 g/mol. The summed E-state index contributed by atoms with van der Waals surface area (Å²) in [7, 11) is 2.10. The molecule has 5 heteroatoms. The van der Waals surface area contributed by atoms with Gasteiger partial charge in [-0.3, -0.25) is 4.98 Å². The number of aryl methyl sites for hydroxylation is 2. The van der Waals surface area contributed by atoms with Gasteiger partial charge in [0.1, 0.15) is 0 Å². The van der Waals surface area contributed by atoms with E-state index in [9.17, 15) is 9.90 Å². The van der Waals surface area contributed by atoms with Crippen LogP contribution in [0.4, 0.5) is 11.4 Å². The zero-order chi connectivity index (χ0) is 21.1. The number of pyridine rings is 1. The lowest BCUT2D eigenvalue weighted by Crippen LogP contribution is -2.30. The topological polar surface area (TPSA) is 65.5 Å². The molecular weight excluding hydrogens is 374 g/mol. The highest BCUT2D eigenvalue weighted by Crippen LogP contribution is 2.32. The molecule has 5 nitrogen and oxygen atoms in total. The van der Waals surface area contributed by atoms with Gasteiger partial charge in [-0.2, -0.15) is 0 Å². The van der Waals surface area contributed by atoms with Crippen LogP contribution in [0.25, 0.3) is 0 Å². The Bertz CT molecular complexity index is 1050. The summed E-state index contributed by atoms with van der Waals surface area (Å²) in [6.07, 6.45) is 5.72. The van der Waals surface area contributed by atoms with Crippen LogP contribution < -0.4 is 10.2 Å². The Morgan fingerprint density at radius 3 is 2.70 bits per heavy atom. The van der Waals surface area contributed by atoms with Crippen molar-refractivity contribution in [2.75, 3.05) is 18.5 Å². The minimum Gasteiger partial charge on any atom is -0.478 e. The summed E-state index contributed by atoms with van der Waals surface area (Å²) < 4.78 is 0. The minimum absolute atomic E-state index is 0.217. The molecule has 0 fully saturated rings. The maximum absolute atomic E-state index is 11.5. The number of carboxylic acids is 1. The van der Waals surface area contributed by atoms with E-state index in [2.05, 4.69) is 71.6 Å². The molecule has 0 radical (unpaired) electrons. The van der Waals surface area contributed by atoms with Crippen LogP contribution in [0.15, 0.2) is 60.9 Å². The van der Waals surface area contributed by atoms with Gasteiger partial charge >= 0.3 is 5.97 Å². The van der Waals surface area contributed by atoms with Crippen molar-refractivity contribution >= 4 is 17.3 Å². The van der Waals surface area contributed by atoms with Crippen molar-refractivity contribution in [3.8, 4) is 0 Å². The van der Waals surface area contributed by atoms with Crippen LogP contribution >= 0.6 is 0 Å². The van der Waals surface area contributed by atoms with Crippen LogP contribution in [-0.4, -0.2) is 29.7 Å². The van der Waals surface area contributed by atoms with E-state index in [1.165, 1.54) is 34.3 Å². The van der Waals surface area contributed by atoms with Crippen LogP contribution in [0.3, 0.4) is 0 Å². The summed E-state index contributed by atoms with van der Waals surface area (Å²) in [5, 5.41) is 13.0. The first-order chi connectivity index (χ1) is 14.5. The fraction of sp³-hybridized carbons (Fsp3) is 0.280. The molecule has 154 valence electrons. The molecule has 1 aliphatic rings. The van der Waals surface area contributed by atoms with Crippen molar-refractivity contribution in [1.82, 2.24) is 10.3 Å². The van der Waals surface area contributed by atoms with Crippen LogP contribution in [0.2, 0.25) is 0 Å². The lowest BCUT2D eigenvalue weighted by molar-refractivity contribution is 0.0695. The first-order valence-corrected chi connectivity index (χ1v) is 10.4. The van der Waals surface area contributed by atoms with Crippen molar-refractivity contribution in [2.45, 2.75) is 32.2 Å². The number of carbonyl (C=O) groups is 1. The minimum atomic E-state index is -0.895. The van der Waals surface area contributed by atoms with Gasteiger partial charge in [0, 0.05) is 36.9 Å². The predicted octanol–water partition coefficient (Wildman–Crippen LogP) is 4.68. The number of aromatic nitrogens is 1. The van der Waals surface area contributed by atoms with E-state index in [4.69, 9.17) is 0 Å². The molecule has 2 N–H and O–H groups in total. The Labute approximate surface area is 177 Å². The molecule has 2 heterocycles. The fourth-order valence-corrected chi connectivity index (χ4v) is 4.16. The summed E-state index contributed by atoms with van der Waals surface area (Å²) in [5.74, 6) is -0.895. The van der Waals surface area contributed by atoms with Gasteiger partial charge in [-0.25, -0.2) is 4.79 Å². The molecule has 0 saturated heterocycles. The third kappa shape index (κ3) is 4.21. The second kappa shape index (κ2) is 8.67. The SMILES string of the molecule is Cc1ccc(N(C)c2ccc3c(c2)CCN[C@@H]3CCc2cnccc2C(=O)O)cc1. The molecular formula is C25H27N3O2. The number of rotatable bonds is 6. The van der Waals surface area contributed by atoms with Gasteiger partial charge in [0.05, 0.1) is 5.56 Å². The average Bonchev–Trinajstić information content (AvgIpc) is 2.77. The Hall–Kier alpha value is -3.18. The van der Waals surface area contributed by atoms with Crippen molar-refractivity contribution in [3.05, 3.63) is 88.7 Å². The molecule has 0 spiro atoms. The molecule has 0 aliphatic carbocycles. The van der Waals surface area contributed by atoms with E-state index in [1.807, 2.05) is 0 Å². The monoisotopic (exact) mass is 401 g/mol. The number of benzene rings is 2. The maximum Gasteiger partial charge on any atom is 0.336 e. The zero-order valence-corrected chi connectivity index (χ0v) is 17.4. The molecule has 0 saturated carbocycles. The summed E-state index contributed by atoms with van der Waals surface area (Å²) in [6, 6.07) is 17.0. The first kappa shape index (κ1) is 20.1. The molecule has 2 aromatic carbocycles. The van der Waals surface area contributed by atoms with Gasteiger partial charge in [0.25, 0.3) is 0 Å². The molecule has 1 aliphatic heterocycles. The van der Waals surface area contributed by atoms with Gasteiger partial charge in [0.2, 0.25) is 0 Å². The highest BCUT2D eigenvalue weighted by atomic mass is 16.4. The van der Waals surface area contributed by atoms with Crippen LogP contribution in [0.1, 0.15) is 45.1 Å². The number of hydrogen-bond donors (Lipinski definition) is 2. The Morgan fingerprint density at radius 2 is 1.93 bits per heavy atom.